The van der Waals surface area contributed by atoms with Gasteiger partial charge < -0.3 is 0 Å². The maximum Gasteiger partial charge on any atom is 0.263 e. The first-order chi connectivity index (χ1) is 13.9. The van der Waals surface area contributed by atoms with Gasteiger partial charge in [0.2, 0.25) is 0 Å². The summed E-state index contributed by atoms with van der Waals surface area (Å²) in [7, 11) is -3.70. The number of anilines is 1. The molecule has 11 heteroatoms. The van der Waals surface area contributed by atoms with Crippen molar-refractivity contribution >= 4 is 49.7 Å². The lowest BCUT2D eigenvalue weighted by Crippen LogP contribution is -2.12. The molecule has 0 fully saturated rings. The van der Waals surface area contributed by atoms with Crippen LogP contribution in [0, 0.1) is 0 Å². The molecule has 148 valence electrons. The van der Waals surface area contributed by atoms with Crippen LogP contribution in [0.2, 0.25) is 10.0 Å². The predicted octanol–water partition coefficient (Wildman–Crippen LogP) is 4.63. The fraction of sp³-hybridized carbons (Fsp3) is 0.0556. The molecule has 0 unspecified atom stereocenters. The first-order valence-electron chi connectivity index (χ1n) is 8.29. The predicted molar refractivity (Wildman–Crippen MR) is 114 cm³/mol. The molecule has 0 aliphatic heterocycles. The molecule has 0 bridgehead atoms. The van der Waals surface area contributed by atoms with Gasteiger partial charge in [-0.3, -0.25) is 9.82 Å². The van der Waals surface area contributed by atoms with Crippen LogP contribution in [0.15, 0.2) is 58.9 Å². The van der Waals surface area contributed by atoms with E-state index in [9.17, 15) is 8.42 Å². The van der Waals surface area contributed by atoms with Crippen molar-refractivity contribution in [3.63, 3.8) is 0 Å². The minimum atomic E-state index is -3.70. The zero-order chi connectivity index (χ0) is 20.4. The Morgan fingerprint density at radius 1 is 1.07 bits per heavy atom. The molecule has 0 saturated heterocycles. The third-order valence-corrected chi connectivity index (χ3v) is 6.88. The second-order valence-electron chi connectivity index (χ2n) is 6.00. The second kappa shape index (κ2) is 8.11. The second-order valence-corrected chi connectivity index (χ2v) is 9.39. The molecule has 2 heterocycles. The summed E-state index contributed by atoms with van der Waals surface area (Å²) in [6, 6.07) is 11.7. The summed E-state index contributed by atoms with van der Waals surface area (Å²) < 4.78 is 27.2. The molecule has 0 saturated carbocycles. The molecule has 7 nitrogen and oxygen atoms in total. The van der Waals surface area contributed by atoms with Crippen LogP contribution < -0.4 is 4.72 Å². The number of nitrogens with zero attached hydrogens (tertiary/aromatic N) is 3. The summed E-state index contributed by atoms with van der Waals surface area (Å²) in [6.07, 6.45) is 2.04. The van der Waals surface area contributed by atoms with E-state index in [1.54, 1.807) is 29.6 Å². The van der Waals surface area contributed by atoms with Crippen LogP contribution in [0.4, 0.5) is 5.13 Å². The molecule has 0 atom stereocenters. The molecule has 4 rings (SSSR count). The Morgan fingerprint density at radius 3 is 2.55 bits per heavy atom. The molecule has 2 aromatic heterocycles. The first-order valence-corrected chi connectivity index (χ1v) is 11.4. The molecule has 0 aliphatic carbocycles. The number of hydrogen-bond donors (Lipinski definition) is 2. The highest BCUT2D eigenvalue weighted by Gasteiger charge is 2.16. The molecule has 0 radical (unpaired) electrons. The average molecular weight is 466 g/mol. The van der Waals surface area contributed by atoms with Gasteiger partial charge in [-0.1, -0.05) is 29.3 Å². The Labute approximate surface area is 180 Å². The largest absolute Gasteiger partial charge is 0.263 e. The lowest BCUT2D eigenvalue weighted by atomic mass is 10.1. The maximum atomic E-state index is 12.4. The van der Waals surface area contributed by atoms with Gasteiger partial charge in [-0.2, -0.15) is 5.10 Å². The van der Waals surface area contributed by atoms with E-state index in [0.717, 1.165) is 5.56 Å². The number of sulfonamides is 1. The minimum Gasteiger partial charge on any atom is -0.262 e. The standard InChI is InChI=1S/C18H13Cl2N5O2S2/c19-14-6-1-11(9-15(14)20)10-16-22-17(24-23-16)12-2-4-13(5-3-12)29(26,27)25-18-21-7-8-28-18/h1-9H,10H2,(H,21,25)(H,22,23,24). The molecule has 0 aliphatic rings. The summed E-state index contributed by atoms with van der Waals surface area (Å²) in [6.45, 7) is 0. The topological polar surface area (TPSA) is 101 Å². The zero-order valence-corrected chi connectivity index (χ0v) is 17.8. The number of hydrogen-bond acceptors (Lipinski definition) is 6. The maximum absolute atomic E-state index is 12.4. The summed E-state index contributed by atoms with van der Waals surface area (Å²) in [4.78, 5) is 8.52. The van der Waals surface area contributed by atoms with Crippen LogP contribution in [0.3, 0.4) is 0 Å². The average Bonchev–Trinajstić information content (AvgIpc) is 3.37. The zero-order valence-electron chi connectivity index (χ0n) is 14.6. The van der Waals surface area contributed by atoms with E-state index in [4.69, 9.17) is 23.2 Å². The lowest BCUT2D eigenvalue weighted by Gasteiger charge is -2.05. The Hall–Kier alpha value is -2.46. The number of rotatable bonds is 6. The molecule has 2 aromatic carbocycles. The van der Waals surface area contributed by atoms with Gasteiger partial charge >= 0.3 is 0 Å². The Balaban J connectivity index is 1.50. The van der Waals surface area contributed by atoms with Crippen LogP contribution in [-0.4, -0.2) is 28.6 Å². The molecule has 0 spiro atoms. The third-order valence-electron chi connectivity index (χ3n) is 3.96. The number of aromatic nitrogens is 4. The number of benzene rings is 2. The Morgan fingerprint density at radius 2 is 1.86 bits per heavy atom. The van der Waals surface area contributed by atoms with Crippen LogP contribution in [-0.2, 0) is 16.4 Å². The molecule has 2 N–H and O–H groups in total. The summed E-state index contributed by atoms with van der Waals surface area (Å²) in [5.41, 5.74) is 1.63. The van der Waals surface area contributed by atoms with Crippen molar-refractivity contribution in [2.24, 2.45) is 0 Å². The van der Waals surface area contributed by atoms with Crippen molar-refractivity contribution in [3.05, 3.63) is 75.5 Å². The quantitative estimate of drug-likeness (QED) is 0.432. The summed E-state index contributed by atoms with van der Waals surface area (Å²) in [5.74, 6) is 1.12. The van der Waals surface area contributed by atoms with Gasteiger partial charge in [0.05, 0.1) is 14.9 Å². The number of nitrogens with one attached hydrogen (secondary N) is 2. The normalized spacial score (nSPS) is 11.5. The highest BCUT2D eigenvalue weighted by molar-refractivity contribution is 7.93. The van der Waals surface area contributed by atoms with Gasteiger partial charge in [-0.25, -0.2) is 18.4 Å². The van der Waals surface area contributed by atoms with Crippen LogP contribution in [0.5, 0.6) is 0 Å². The monoisotopic (exact) mass is 465 g/mol. The highest BCUT2D eigenvalue weighted by Crippen LogP contribution is 2.24. The first kappa shape index (κ1) is 19.8. The van der Waals surface area contributed by atoms with Crippen molar-refractivity contribution in [2.45, 2.75) is 11.3 Å². The van der Waals surface area contributed by atoms with Crippen molar-refractivity contribution in [1.29, 1.82) is 0 Å². The number of halogens is 2. The van der Waals surface area contributed by atoms with Crippen molar-refractivity contribution in [3.8, 4) is 11.4 Å². The van der Waals surface area contributed by atoms with E-state index in [-0.39, 0.29) is 4.90 Å². The van der Waals surface area contributed by atoms with E-state index in [1.165, 1.54) is 29.7 Å². The molecular formula is C18H13Cl2N5O2S2. The van der Waals surface area contributed by atoms with Gasteiger partial charge in [0.15, 0.2) is 11.0 Å². The van der Waals surface area contributed by atoms with Gasteiger partial charge in [0.25, 0.3) is 10.0 Å². The third kappa shape index (κ3) is 4.59. The van der Waals surface area contributed by atoms with Crippen molar-refractivity contribution in [1.82, 2.24) is 20.2 Å². The number of aromatic amines is 1. The van der Waals surface area contributed by atoms with E-state index in [1.807, 2.05) is 6.07 Å². The van der Waals surface area contributed by atoms with Crippen molar-refractivity contribution < 1.29 is 8.42 Å². The summed E-state index contributed by atoms with van der Waals surface area (Å²) >= 11 is 13.2. The Bertz CT molecular complexity index is 1240. The van der Waals surface area contributed by atoms with Crippen LogP contribution in [0.25, 0.3) is 11.4 Å². The highest BCUT2D eigenvalue weighted by atomic mass is 35.5. The number of H-pyrrole nitrogens is 1. The number of thiazole rings is 1. The smallest absolute Gasteiger partial charge is 0.262 e. The van der Waals surface area contributed by atoms with Crippen LogP contribution >= 0.6 is 34.5 Å². The van der Waals surface area contributed by atoms with Gasteiger partial charge in [-0.05, 0) is 42.0 Å². The molecule has 4 aromatic rings. The van der Waals surface area contributed by atoms with Gasteiger partial charge in [0, 0.05) is 23.6 Å². The molecule has 29 heavy (non-hydrogen) atoms. The molecule has 0 amide bonds. The van der Waals surface area contributed by atoms with E-state index in [2.05, 4.69) is 24.9 Å². The van der Waals surface area contributed by atoms with E-state index >= 15 is 0 Å². The lowest BCUT2D eigenvalue weighted by molar-refractivity contribution is 0.601. The fourth-order valence-electron chi connectivity index (χ4n) is 2.58. The van der Waals surface area contributed by atoms with Crippen molar-refractivity contribution in [2.75, 3.05) is 4.72 Å². The Kier molecular flexibility index (Phi) is 5.55. The molecular weight excluding hydrogens is 453 g/mol. The summed E-state index contributed by atoms with van der Waals surface area (Å²) in [5, 5.41) is 10.1. The van der Waals surface area contributed by atoms with E-state index < -0.39 is 10.0 Å². The SMILES string of the molecule is O=S(=O)(Nc1nccs1)c1ccc(-c2n[nH]c(Cc3ccc(Cl)c(Cl)c3)n2)cc1. The van der Waals surface area contributed by atoms with Crippen LogP contribution in [0.1, 0.15) is 11.4 Å². The van der Waals surface area contributed by atoms with E-state index in [0.29, 0.717) is 38.8 Å². The van der Waals surface area contributed by atoms with Gasteiger partial charge in [0.1, 0.15) is 5.82 Å². The van der Waals surface area contributed by atoms with Gasteiger partial charge in [-0.15, -0.1) is 11.3 Å². The fourth-order valence-corrected chi connectivity index (χ4v) is 4.69. The minimum absolute atomic E-state index is 0.128.